The number of amides is 1. The summed E-state index contributed by atoms with van der Waals surface area (Å²) in [5, 5.41) is 2.52. The maximum atomic E-state index is 11.5. The van der Waals surface area contributed by atoms with Crippen molar-refractivity contribution in [2.24, 2.45) is 5.92 Å². The van der Waals surface area contributed by atoms with Gasteiger partial charge in [0.1, 0.15) is 6.04 Å². The fourth-order valence-corrected chi connectivity index (χ4v) is 1.67. The standard InChI is InChI=1S/C10H21NO4Si/c1-7(2)8(9(12)14-3)11-10(13)15-16(4,5)6/h7-8H,1-6H3,(H,11,13). The number of carbonyl (C=O) groups excluding carboxylic acids is 2. The van der Waals surface area contributed by atoms with E-state index in [0.717, 1.165) is 0 Å². The molecule has 0 aromatic carbocycles. The van der Waals surface area contributed by atoms with Crippen molar-refractivity contribution in [3.8, 4) is 0 Å². The monoisotopic (exact) mass is 247 g/mol. The molecule has 16 heavy (non-hydrogen) atoms. The minimum absolute atomic E-state index is 0.0402. The van der Waals surface area contributed by atoms with Gasteiger partial charge in [0.2, 0.25) is 8.32 Å². The van der Waals surface area contributed by atoms with E-state index in [2.05, 4.69) is 10.1 Å². The molecule has 1 amide bonds. The number of nitrogens with one attached hydrogen (secondary N) is 1. The first kappa shape index (κ1) is 15.0. The van der Waals surface area contributed by atoms with E-state index in [-0.39, 0.29) is 5.92 Å². The number of esters is 1. The SMILES string of the molecule is COC(=O)C(NC(=O)O[Si](C)(C)C)C(C)C. The molecule has 0 fully saturated rings. The largest absolute Gasteiger partial charge is 0.504 e. The molecule has 0 saturated heterocycles. The van der Waals surface area contributed by atoms with Gasteiger partial charge < -0.3 is 14.5 Å². The minimum atomic E-state index is -1.93. The maximum absolute atomic E-state index is 11.5. The Labute approximate surface area is 97.6 Å². The first-order valence-corrected chi connectivity index (χ1v) is 8.65. The zero-order valence-electron chi connectivity index (χ0n) is 10.8. The Morgan fingerprint density at radius 2 is 1.69 bits per heavy atom. The third-order valence-electron chi connectivity index (χ3n) is 1.79. The van der Waals surface area contributed by atoms with Crippen LogP contribution >= 0.6 is 0 Å². The van der Waals surface area contributed by atoms with E-state index >= 15 is 0 Å². The van der Waals surface area contributed by atoms with Crippen LogP contribution < -0.4 is 5.32 Å². The zero-order valence-corrected chi connectivity index (χ0v) is 11.8. The van der Waals surface area contributed by atoms with Crippen molar-refractivity contribution in [1.82, 2.24) is 5.32 Å². The van der Waals surface area contributed by atoms with Crippen LogP contribution in [0.2, 0.25) is 19.6 Å². The van der Waals surface area contributed by atoms with Crippen molar-refractivity contribution >= 4 is 20.4 Å². The summed E-state index contributed by atoms with van der Waals surface area (Å²) in [5.41, 5.74) is 0. The van der Waals surface area contributed by atoms with Crippen LogP contribution in [0.25, 0.3) is 0 Å². The smallest absolute Gasteiger partial charge is 0.394 e. The van der Waals surface area contributed by atoms with Gasteiger partial charge in [-0.1, -0.05) is 13.8 Å². The lowest BCUT2D eigenvalue weighted by molar-refractivity contribution is -0.144. The maximum Gasteiger partial charge on any atom is 0.394 e. The summed E-state index contributed by atoms with van der Waals surface area (Å²) in [4.78, 5) is 22.9. The first-order chi connectivity index (χ1) is 7.17. The average molecular weight is 247 g/mol. The molecule has 0 aromatic rings. The number of methoxy groups -OCH3 is 1. The Balaban J connectivity index is 4.42. The van der Waals surface area contributed by atoms with Gasteiger partial charge in [0.15, 0.2) is 0 Å². The molecule has 0 aliphatic rings. The molecule has 94 valence electrons. The predicted molar refractivity (Wildman–Crippen MR) is 63.6 cm³/mol. The Bertz CT molecular complexity index is 260. The summed E-state index contributed by atoms with van der Waals surface area (Å²) in [7, 11) is -0.636. The summed E-state index contributed by atoms with van der Waals surface area (Å²) in [6.45, 7) is 9.35. The molecule has 0 aliphatic heterocycles. The topological polar surface area (TPSA) is 64.6 Å². The highest BCUT2D eigenvalue weighted by atomic mass is 28.4. The molecule has 0 rings (SSSR count). The van der Waals surface area contributed by atoms with Gasteiger partial charge in [0, 0.05) is 0 Å². The number of carbonyl (C=O) groups is 2. The summed E-state index contributed by atoms with van der Waals surface area (Å²) < 4.78 is 9.80. The summed E-state index contributed by atoms with van der Waals surface area (Å²) >= 11 is 0. The normalized spacial score (nSPS) is 13.2. The second-order valence-electron chi connectivity index (χ2n) is 4.89. The van der Waals surface area contributed by atoms with Crippen LogP contribution in [0.4, 0.5) is 4.79 Å². The highest BCUT2D eigenvalue weighted by Crippen LogP contribution is 2.07. The average Bonchev–Trinajstić information content (AvgIpc) is 2.09. The summed E-state index contributed by atoms with van der Waals surface area (Å²) in [5.74, 6) is -0.496. The Morgan fingerprint density at radius 3 is 2.00 bits per heavy atom. The van der Waals surface area contributed by atoms with E-state index in [1.807, 2.05) is 33.5 Å². The molecule has 0 spiro atoms. The van der Waals surface area contributed by atoms with E-state index in [0.29, 0.717) is 0 Å². The van der Waals surface area contributed by atoms with Gasteiger partial charge in [-0.05, 0) is 25.6 Å². The van der Waals surface area contributed by atoms with Gasteiger partial charge in [-0.3, -0.25) is 0 Å². The molecular formula is C10H21NO4Si. The molecule has 1 N–H and O–H groups in total. The molecular weight excluding hydrogens is 226 g/mol. The number of hydrogen-bond acceptors (Lipinski definition) is 4. The lowest BCUT2D eigenvalue weighted by Crippen LogP contribution is -2.47. The van der Waals surface area contributed by atoms with Gasteiger partial charge >= 0.3 is 12.1 Å². The number of hydrogen-bond donors (Lipinski definition) is 1. The molecule has 0 aromatic heterocycles. The third-order valence-corrected chi connectivity index (χ3v) is 2.59. The van der Waals surface area contributed by atoms with Crippen LogP contribution in [0.3, 0.4) is 0 Å². The Hall–Kier alpha value is -1.04. The molecule has 5 nitrogen and oxygen atoms in total. The van der Waals surface area contributed by atoms with Gasteiger partial charge in [0.25, 0.3) is 0 Å². The Morgan fingerprint density at radius 1 is 1.19 bits per heavy atom. The van der Waals surface area contributed by atoms with Crippen LogP contribution in [0.5, 0.6) is 0 Å². The van der Waals surface area contributed by atoms with Crippen molar-refractivity contribution in [2.75, 3.05) is 7.11 Å². The predicted octanol–water partition coefficient (Wildman–Crippen LogP) is 1.75. The fourth-order valence-electron chi connectivity index (χ4n) is 1.06. The summed E-state index contributed by atoms with van der Waals surface area (Å²) in [6, 6.07) is -0.658. The van der Waals surface area contributed by atoms with E-state index in [4.69, 9.17) is 4.43 Å². The van der Waals surface area contributed by atoms with Gasteiger partial charge in [0.05, 0.1) is 7.11 Å². The van der Waals surface area contributed by atoms with Crippen molar-refractivity contribution in [3.63, 3.8) is 0 Å². The summed E-state index contributed by atoms with van der Waals surface area (Å²) in [6.07, 6.45) is -0.553. The van der Waals surface area contributed by atoms with Crippen LogP contribution in [0.1, 0.15) is 13.8 Å². The lowest BCUT2D eigenvalue weighted by Gasteiger charge is -2.23. The van der Waals surface area contributed by atoms with Crippen molar-refractivity contribution in [2.45, 2.75) is 39.5 Å². The molecule has 0 bridgehead atoms. The molecule has 1 atom stereocenters. The lowest BCUT2D eigenvalue weighted by atomic mass is 10.1. The van der Waals surface area contributed by atoms with Gasteiger partial charge in [-0.25, -0.2) is 9.59 Å². The molecule has 0 aliphatic carbocycles. The van der Waals surface area contributed by atoms with E-state index in [1.54, 1.807) is 0 Å². The van der Waals surface area contributed by atoms with E-state index < -0.39 is 26.4 Å². The second kappa shape index (κ2) is 5.88. The molecule has 0 radical (unpaired) electrons. The van der Waals surface area contributed by atoms with E-state index in [1.165, 1.54) is 7.11 Å². The Kier molecular flexibility index (Phi) is 5.50. The third kappa shape index (κ3) is 5.74. The zero-order chi connectivity index (χ0) is 12.9. The van der Waals surface area contributed by atoms with Crippen LogP contribution in [-0.2, 0) is 14.0 Å². The highest BCUT2D eigenvalue weighted by Gasteiger charge is 2.28. The molecule has 1 unspecified atom stereocenters. The fraction of sp³-hybridized carbons (Fsp3) is 0.800. The van der Waals surface area contributed by atoms with Crippen LogP contribution in [0, 0.1) is 5.92 Å². The van der Waals surface area contributed by atoms with Crippen molar-refractivity contribution in [1.29, 1.82) is 0 Å². The van der Waals surface area contributed by atoms with E-state index in [9.17, 15) is 9.59 Å². The molecule has 6 heteroatoms. The van der Waals surface area contributed by atoms with Crippen LogP contribution in [0.15, 0.2) is 0 Å². The van der Waals surface area contributed by atoms with Gasteiger partial charge in [-0.15, -0.1) is 0 Å². The number of rotatable bonds is 4. The molecule has 0 saturated carbocycles. The van der Waals surface area contributed by atoms with Crippen LogP contribution in [-0.4, -0.2) is 33.5 Å². The first-order valence-electron chi connectivity index (χ1n) is 5.24. The quantitative estimate of drug-likeness (QED) is 0.607. The van der Waals surface area contributed by atoms with Crippen molar-refractivity contribution < 1.29 is 18.8 Å². The highest BCUT2D eigenvalue weighted by molar-refractivity contribution is 6.71. The van der Waals surface area contributed by atoms with Gasteiger partial charge in [-0.2, -0.15) is 0 Å². The van der Waals surface area contributed by atoms with Crippen molar-refractivity contribution in [3.05, 3.63) is 0 Å². The molecule has 0 heterocycles. The number of ether oxygens (including phenoxy) is 1. The minimum Gasteiger partial charge on any atom is -0.504 e. The second-order valence-corrected chi connectivity index (χ2v) is 9.32.